The predicted molar refractivity (Wildman–Crippen MR) is 126 cm³/mol. The lowest BCUT2D eigenvalue weighted by Gasteiger charge is -2.04. The summed E-state index contributed by atoms with van der Waals surface area (Å²) in [6, 6.07) is 12.6. The number of aromatic nitrogens is 5. The molecule has 5 aromatic rings. The van der Waals surface area contributed by atoms with E-state index in [2.05, 4.69) is 10.1 Å². The number of halogens is 2. The smallest absolute Gasteiger partial charge is 0.265 e. The highest BCUT2D eigenvalue weighted by atomic mass is 35.5. The van der Waals surface area contributed by atoms with Crippen molar-refractivity contribution in [1.82, 2.24) is 24.2 Å². The fourth-order valence-electron chi connectivity index (χ4n) is 3.43. The van der Waals surface area contributed by atoms with Crippen LogP contribution in [0.1, 0.15) is 5.56 Å². The maximum Gasteiger partial charge on any atom is 0.265 e. The Morgan fingerprint density at radius 3 is 2.59 bits per heavy atom. The summed E-state index contributed by atoms with van der Waals surface area (Å²) in [5.74, 6) is 0. The van der Waals surface area contributed by atoms with Crippen LogP contribution in [-0.4, -0.2) is 44.1 Å². The lowest BCUT2D eigenvalue weighted by molar-refractivity contribution is 0.186. The van der Waals surface area contributed by atoms with Crippen LogP contribution in [0.2, 0.25) is 10.0 Å². The molecule has 0 aliphatic carbocycles. The Hall–Kier alpha value is -3.33. The third-order valence-electron chi connectivity index (χ3n) is 5.01. The van der Waals surface area contributed by atoms with Gasteiger partial charge in [-0.05, 0) is 29.8 Å². The fraction of sp³-hybridized carbons (Fsp3) is 0.136. The van der Waals surface area contributed by atoms with E-state index in [0.717, 1.165) is 5.56 Å². The van der Waals surface area contributed by atoms with Crippen molar-refractivity contribution >= 4 is 62.6 Å². The quantitative estimate of drug-likeness (QED) is 0.363. The molecule has 0 amide bonds. The molecule has 5 rings (SSSR count). The van der Waals surface area contributed by atoms with Gasteiger partial charge in [0.05, 0.1) is 40.4 Å². The second-order valence-corrected chi connectivity index (χ2v) is 7.86. The lowest BCUT2D eigenvalue weighted by atomic mass is 10.2. The second-order valence-electron chi connectivity index (χ2n) is 7.05. The van der Waals surface area contributed by atoms with Crippen LogP contribution < -0.4 is 5.56 Å². The Morgan fingerprint density at radius 2 is 1.84 bits per heavy atom. The standard InChI is InChI=1S/C22H16Cl2N6O2/c1-32-9-8-29-12-25-20-18(22(29)31)19-21(28-17-5-3-2-4-16(17)27-19)30(20)26-11-13-6-7-14(23)15(24)10-13/h2-7,10-12H,8-9H2,1H3/b26-11+. The zero-order valence-electron chi connectivity index (χ0n) is 16.9. The minimum atomic E-state index is -0.231. The summed E-state index contributed by atoms with van der Waals surface area (Å²) in [6.45, 7) is 0.758. The fourth-order valence-corrected chi connectivity index (χ4v) is 3.74. The molecule has 0 aliphatic rings. The van der Waals surface area contributed by atoms with Crippen LogP contribution in [0.4, 0.5) is 0 Å². The van der Waals surface area contributed by atoms with Gasteiger partial charge in [-0.3, -0.25) is 9.36 Å². The molecule has 0 bridgehead atoms. The molecule has 0 atom stereocenters. The van der Waals surface area contributed by atoms with Crippen molar-refractivity contribution < 1.29 is 4.74 Å². The van der Waals surface area contributed by atoms with E-state index in [9.17, 15) is 4.79 Å². The minimum absolute atomic E-state index is 0.231. The van der Waals surface area contributed by atoms with Crippen molar-refractivity contribution in [2.24, 2.45) is 5.10 Å². The summed E-state index contributed by atoms with van der Waals surface area (Å²) < 4.78 is 8.12. The Balaban J connectivity index is 1.78. The molecule has 0 saturated heterocycles. The second kappa shape index (κ2) is 8.31. The van der Waals surface area contributed by atoms with Crippen LogP contribution in [0.5, 0.6) is 0 Å². The molecule has 0 fully saturated rings. The van der Waals surface area contributed by atoms with Gasteiger partial charge < -0.3 is 4.74 Å². The van der Waals surface area contributed by atoms with E-state index in [4.69, 9.17) is 37.9 Å². The molecular formula is C22H16Cl2N6O2. The first-order chi connectivity index (χ1) is 15.6. The molecule has 0 aliphatic heterocycles. The van der Waals surface area contributed by atoms with Crippen molar-refractivity contribution in [1.29, 1.82) is 0 Å². The van der Waals surface area contributed by atoms with E-state index in [-0.39, 0.29) is 5.56 Å². The molecule has 10 heteroatoms. The molecule has 0 spiro atoms. The normalized spacial score (nSPS) is 12.0. The molecule has 160 valence electrons. The third-order valence-corrected chi connectivity index (χ3v) is 5.75. The van der Waals surface area contributed by atoms with Crippen LogP contribution in [0.25, 0.3) is 33.2 Å². The van der Waals surface area contributed by atoms with Crippen LogP contribution in [0.15, 0.2) is 58.7 Å². The van der Waals surface area contributed by atoms with E-state index in [1.807, 2.05) is 24.3 Å². The van der Waals surface area contributed by atoms with Gasteiger partial charge in [-0.25, -0.2) is 15.0 Å². The SMILES string of the molecule is COCCn1cnc2c(c1=O)c1nc3ccccc3nc1n2/N=C/c1ccc(Cl)c(Cl)c1. The van der Waals surface area contributed by atoms with Gasteiger partial charge in [-0.2, -0.15) is 9.78 Å². The molecular weight excluding hydrogens is 451 g/mol. The number of nitrogens with zero attached hydrogens (tertiary/aromatic N) is 6. The van der Waals surface area contributed by atoms with E-state index in [1.54, 1.807) is 31.5 Å². The van der Waals surface area contributed by atoms with E-state index in [0.29, 0.717) is 56.4 Å². The summed E-state index contributed by atoms with van der Waals surface area (Å²) in [7, 11) is 1.58. The molecule has 32 heavy (non-hydrogen) atoms. The Bertz CT molecular complexity index is 1570. The number of methoxy groups -OCH3 is 1. The first-order valence-corrected chi connectivity index (χ1v) is 10.5. The zero-order valence-corrected chi connectivity index (χ0v) is 18.4. The average molecular weight is 467 g/mol. The highest BCUT2D eigenvalue weighted by molar-refractivity contribution is 6.42. The number of para-hydroxylation sites is 2. The van der Waals surface area contributed by atoms with E-state index < -0.39 is 0 Å². The number of fused-ring (bicyclic) bond motifs is 4. The number of hydrogen-bond acceptors (Lipinski definition) is 6. The summed E-state index contributed by atoms with van der Waals surface area (Å²) >= 11 is 12.1. The van der Waals surface area contributed by atoms with Gasteiger partial charge in [0.1, 0.15) is 17.2 Å². The van der Waals surface area contributed by atoms with Gasteiger partial charge in [0.25, 0.3) is 5.56 Å². The summed E-state index contributed by atoms with van der Waals surface area (Å²) in [5, 5.41) is 5.78. The minimum Gasteiger partial charge on any atom is -0.383 e. The molecule has 0 radical (unpaired) electrons. The van der Waals surface area contributed by atoms with Crippen molar-refractivity contribution in [3.8, 4) is 0 Å². The molecule has 0 unspecified atom stereocenters. The molecule has 0 saturated carbocycles. The summed E-state index contributed by atoms with van der Waals surface area (Å²) in [6.07, 6.45) is 3.09. The Kier molecular flexibility index (Phi) is 5.34. The topological polar surface area (TPSA) is 87.2 Å². The van der Waals surface area contributed by atoms with Gasteiger partial charge >= 0.3 is 0 Å². The molecule has 2 aromatic carbocycles. The Labute approximate surface area is 191 Å². The molecule has 0 N–H and O–H groups in total. The van der Waals surface area contributed by atoms with Crippen molar-refractivity contribution in [3.63, 3.8) is 0 Å². The number of hydrogen-bond donors (Lipinski definition) is 0. The largest absolute Gasteiger partial charge is 0.383 e. The first kappa shape index (κ1) is 20.6. The van der Waals surface area contributed by atoms with Gasteiger partial charge in [0, 0.05) is 7.11 Å². The lowest BCUT2D eigenvalue weighted by Crippen LogP contribution is -2.22. The van der Waals surface area contributed by atoms with E-state index >= 15 is 0 Å². The van der Waals surface area contributed by atoms with Gasteiger partial charge in [0.15, 0.2) is 11.3 Å². The number of benzene rings is 2. The van der Waals surface area contributed by atoms with Gasteiger partial charge in [0.2, 0.25) is 0 Å². The molecule has 8 nitrogen and oxygen atoms in total. The van der Waals surface area contributed by atoms with Crippen LogP contribution in [-0.2, 0) is 11.3 Å². The summed E-state index contributed by atoms with van der Waals surface area (Å²) in [5.41, 5.74) is 3.11. The monoisotopic (exact) mass is 466 g/mol. The van der Waals surface area contributed by atoms with Crippen molar-refractivity contribution in [3.05, 3.63) is 74.8 Å². The highest BCUT2D eigenvalue weighted by Gasteiger charge is 2.19. The van der Waals surface area contributed by atoms with Crippen molar-refractivity contribution in [2.45, 2.75) is 6.54 Å². The molecule has 3 aromatic heterocycles. The molecule has 3 heterocycles. The maximum absolute atomic E-state index is 13.3. The van der Waals surface area contributed by atoms with Crippen LogP contribution in [0.3, 0.4) is 0 Å². The van der Waals surface area contributed by atoms with Gasteiger partial charge in [-0.1, -0.05) is 41.4 Å². The average Bonchev–Trinajstić information content (AvgIpc) is 3.11. The number of ether oxygens (including phenoxy) is 1. The first-order valence-electron chi connectivity index (χ1n) is 9.71. The number of rotatable bonds is 5. The predicted octanol–water partition coefficient (Wildman–Crippen LogP) is 4.13. The van der Waals surface area contributed by atoms with Crippen molar-refractivity contribution in [2.75, 3.05) is 13.7 Å². The maximum atomic E-state index is 13.3. The summed E-state index contributed by atoms with van der Waals surface area (Å²) in [4.78, 5) is 27.2. The third kappa shape index (κ3) is 3.52. The van der Waals surface area contributed by atoms with Crippen LogP contribution >= 0.6 is 23.2 Å². The zero-order chi connectivity index (χ0) is 22.2. The Morgan fingerprint density at radius 1 is 1.06 bits per heavy atom. The highest BCUT2D eigenvalue weighted by Crippen LogP contribution is 2.25. The van der Waals surface area contributed by atoms with E-state index in [1.165, 1.54) is 15.6 Å². The van der Waals surface area contributed by atoms with Crippen LogP contribution in [0, 0.1) is 0 Å². The van der Waals surface area contributed by atoms with Gasteiger partial charge in [-0.15, -0.1) is 0 Å².